The number of piperidine rings is 2. The molecule has 3 saturated heterocycles. The second kappa shape index (κ2) is 8.53. The van der Waals surface area contributed by atoms with Gasteiger partial charge in [-0.3, -0.25) is 24.2 Å². The van der Waals surface area contributed by atoms with E-state index in [2.05, 4.69) is 28.7 Å². The van der Waals surface area contributed by atoms with E-state index < -0.39 is 29.6 Å². The van der Waals surface area contributed by atoms with Crippen LogP contribution in [-0.2, 0) is 4.79 Å². The van der Waals surface area contributed by atoms with Gasteiger partial charge < -0.3 is 15.1 Å². The highest BCUT2D eigenvalue weighted by Crippen LogP contribution is 2.34. The molecule has 0 bridgehead atoms. The SMILES string of the molecule is C=C1CCC(N2C(=O)c3cc(F)c(N4CCC(N5CCN(C)CC5)CC4)cc3C2=O)C(=O)N1. The number of imide groups is 1. The fraction of sp³-hybridized carbons (Fsp3) is 0.542. The molecule has 4 aliphatic rings. The first kappa shape index (κ1) is 22.0. The van der Waals surface area contributed by atoms with E-state index in [4.69, 9.17) is 0 Å². The van der Waals surface area contributed by atoms with Crippen molar-refractivity contribution in [3.8, 4) is 0 Å². The first-order chi connectivity index (χ1) is 15.8. The number of allylic oxidation sites excluding steroid dienone is 1. The zero-order valence-electron chi connectivity index (χ0n) is 19.0. The Hall–Kier alpha value is -2.78. The minimum absolute atomic E-state index is 0.0331. The van der Waals surface area contributed by atoms with E-state index in [0.29, 0.717) is 43.4 Å². The molecule has 5 rings (SSSR count). The van der Waals surface area contributed by atoms with Crippen LogP contribution in [0.25, 0.3) is 0 Å². The highest BCUT2D eigenvalue weighted by atomic mass is 19.1. The van der Waals surface area contributed by atoms with Gasteiger partial charge in [0.25, 0.3) is 11.8 Å². The van der Waals surface area contributed by atoms with Crippen molar-refractivity contribution in [1.29, 1.82) is 0 Å². The number of amides is 3. The Labute approximate surface area is 193 Å². The summed E-state index contributed by atoms with van der Waals surface area (Å²) in [5, 5.41) is 2.61. The van der Waals surface area contributed by atoms with Crippen molar-refractivity contribution in [2.45, 2.75) is 37.8 Å². The maximum Gasteiger partial charge on any atom is 0.262 e. The molecule has 3 amide bonds. The number of likely N-dealkylation sites (N-methyl/N-ethyl adjacent to an activating group) is 1. The van der Waals surface area contributed by atoms with E-state index in [1.165, 1.54) is 6.07 Å². The smallest absolute Gasteiger partial charge is 0.262 e. The second-order valence-electron chi connectivity index (χ2n) is 9.53. The molecule has 1 unspecified atom stereocenters. The Balaban J connectivity index is 1.31. The molecule has 0 aromatic heterocycles. The molecule has 0 spiro atoms. The maximum atomic E-state index is 15.1. The number of hydrogen-bond donors (Lipinski definition) is 1. The summed E-state index contributed by atoms with van der Waals surface area (Å²) in [5.41, 5.74) is 1.14. The van der Waals surface area contributed by atoms with Crippen molar-refractivity contribution in [3.63, 3.8) is 0 Å². The molecule has 4 heterocycles. The number of piperazine rings is 1. The predicted octanol–water partition coefficient (Wildman–Crippen LogP) is 1.43. The monoisotopic (exact) mass is 455 g/mol. The van der Waals surface area contributed by atoms with Crippen LogP contribution in [0, 0.1) is 5.82 Å². The molecule has 1 N–H and O–H groups in total. The zero-order chi connectivity index (χ0) is 23.3. The topological polar surface area (TPSA) is 76.2 Å². The van der Waals surface area contributed by atoms with Gasteiger partial charge in [-0.05, 0) is 44.9 Å². The Kier molecular flexibility index (Phi) is 5.70. The minimum Gasteiger partial charge on any atom is -0.369 e. The van der Waals surface area contributed by atoms with Gasteiger partial charge in [-0.2, -0.15) is 0 Å². The van der Waals surface area contributed by atoms with Crippen LogP contribution in [0.15, 0.2) is 24.4 Å². The van der Waals surface area contributed by atoms with Crippen molar-refractivity contribution in [3.05, 3.63) is 41.4 Å². The molecule has 33 heavy (non-hydrogen) atoms. The van der Waals surface area contributed by atoms with Gasteiger partial charge in [0.05, 0.1) is 16.8 Å². The number of halogens is 1. The van der Waals surface area contributed by atoms with E-state index in [1.807, 2.05) is 4.90 Å². The number of fused-ring (bicyclic) bond motifs is 1. The van der Waals surface area contributed by atoms with Crippen molar-refractivity contribution in [1.82, 2.24) is 20.0 Å². The number of rotatable bonds is 3. The lowest BCUT2D eigenvalue weighted by Crippen LogP contribution is -2.52. The third-order valence-electron chi connectivity index (χ3n) is 7.48. The van der Waals surface area contributed by atoms with Crippen LogP contribution in [0.4, 0.5) is 10.1 Å². The van der Waals surface area contributed by atoms with Crippen LogP contribution < -0.4 is 10.2 Å². The highest BCUT2D eigenvalue weighted by molar-refractivity contribution is 6.23. The number of carbonyl (C=O) groups excluding carboxylic acids is 3. The summed E-state index contributed by atoms with van der Waals surface area (Å²) < 4.78 is 15.1. The van der Waals surface area contributed by atoms with Crippen LogP contribution in [-0.4, -0.2) is 90.8 Å². The first-order valence-corrected chi connectivity index (χ1v) is 11.7. The van der Waals surface area contributed by atoms with Gasteiger partial charge in [-0.25, -0.2) is 4.39 Å². The Bertz CT molecular complexity index is 1010. The molecule has 4 aliphatic heterocycles. The third-order valence-corrected chi connectivity index (χ3v) is 7.48. The quantitative estimate of drug-likeness (QED) is 0.695. The summed E-state index contributed by atoms with van der Waals surface area (Å²) in [5.74, 6) is -2.07. The van der Waals surface area contributed by atoms with Crippen LogP contribution in [0.5, 0.6) is 0 Å². The molecule has 176 valence electrons. The fourth-order valence-electron chi connectivity index (χ4n) is 5.46. The summed E-state index contributed by atoms with van der Waals surface area (Å²) in [4.78, 5) is 46.2. The lowest BCUT2D eigenvalue weighted by atomic mass is 10.0. The summed E-state index contributed by atoms with van der Waals surface area (Å²) in [6, 6.07) is 2.26. The lowest BCUT2D eigenvalue weighted by Gasteiger charge is -2.42. The number of nitrogens with one attached hydrogen (secondary N) is 1. The summed E-state index contributed by atoms with van der Waals surface area (Å²) >= 11 is 0. The molecule has 3 fully saturated rings. The molecule has 8 nitrogen and oxygen atoms in total. The number of hydrogen-bond acceptors (Lipinski definition) is 6. The Morgan fingerprint density at radius 1 is 0.939 bits per heavy atom. The van der Waals surface area contributed by atoms with Gasteiger partial charge in [0.2, 0.25) is 5.91 Å². The van der Waals surface area contributed by atoms with Gasteiger partial charge in [0, 0.05) is 51.0 Å². The second-order valence-corrected chi connectivity index (χ2v) is 9.53. The molecular weight excluding hydrogens is 425 g/mol. The summed E-state index contributed by atoms with van der Waals surface area (Å²) in [6.45, 7) is 9.39. The summed E-state index contributed by atoms with van der Waals surface area (Å²) in [7, 11) is 2.14. The van der Waals surface area contributed by atoms with Gasteiger partial charge in [0.1, 0.15) is 11.9 Å². The van der Waals surface area contributed by atoms with E-state index in [9.17, 15) is 14.4 Å². The summed E-state index contributed by atoms with van der Waals surface area (Å²) in [6.07, 6.45) is 2.69. The van der Waals surface area contributed by atoms with Crippen molar-refractivity contribution in [2.75, 3.05) is 51.2 Å². The third kappa shape index (κ3) is 3.93. The van der Waals surface area contributed by atoms with Crippen LogP contribution in [0.2, 0.25) is 0 Å². The molecule has 0 saturated carbocycles. The molecule has 0 aliphatic carbocycles. The lowest BCUT2D eigenvalue weighted by molar-refractivity contribution is -0.125. The molecule has 1 aromatic carbocycles. The number of anilines is 1. The Morgan fingerprint density at radius 3 is 2.21 bits per heavy atom. The number of benzene rings is 1. The largest absolute Gasteiger partial charge is 0.369 e. The van der Waals surface area contributed by atoms with Crippen molar-refractivity contribution in [2.24, 2.45) is 0 Å². The van der Waals surface area contributed by atoms with E-state index in [1.54, 1.807) is 0 Å². The Morgan fingerprint density at radius 2 is 1.58 bits per heavy atom. The molecule has 0 radical (unpaired) electrons. The average molecular weight is 456 g/mol. The number of carbonyl (C=O) groups is 3. The van der Waals surface area contributed by atoms with Gasteiger partial charge >= 0.3 is 0 Å². The highest BCUT2D eigenvalue weighted by Gasteiger charge is 2.44. The van der Waals surface area contributed by atoms with E-state index >= 15 is 4.39 Å². The fourth-order valence-corrected chi connectivity index (χ4v) is 5.46. The van der Waals surface area contributed by atoms with E-state index in [0.717, 1.165) is 50.0 Å². The molecule has 1 atom stereocenters. The van der Waals surface area contributed by atoms with Crippen molar-refractivity contribution >= 4 is 23.4 Å². The zero-order valence-corrected chi connectivity index (χ0v) is 19.0. The normalized spacial score (nSPS) is 25.6. The van der Waals surface area contributed by atoms with Crippen LogP contribution in [0.3, 0.4) is 0 Å². The first-order valence-electron chi connectivity index (χ1n) is 11.7. The van der Waals surface area contributed by atoms with Crippen LogP contribution >= 0.6 is 0 Å². The molecule has 1 aromatic rings. The van der Waals surface area contributed by atoms with Crippen LogP contribution in [0.1, 0.15) is 46.4 Å². The number of nitrogens with zero attached hydrogens (tertiary/aromatic N) is 4. The van der Waals surface area contributed by atoms with Gasteiger partial charge in [-0.15, -0.1) is 0 Å². The van der Waals surface area contributed by atoms with Gasteiger partial charge in [0.15, 0.2) is 0 Å². The van der Waals surface area contributed by atoms with E-state index in [-0.39, 0.29) is 11.1 Å². The standard InChI is InChI=1S/C24H30FN5O3/c1-15-3-4-20(22(31)26-15)30-23(32)17-13-19(25)21(14-18(17)24(30)33)29-7-5-16(6-8-29)28-11-9-27(2)10-12-28/h13-14,16,20H,1,3-12H2,2H3,(H,26,31). The maximum absolute atomic E-state index is 15.1. The molecular formula is C24H30FN5O3. The van der Waals surface area contributed by atoms with Gasteiger partial charge in [-0.1, -0.05) is 6.58 Å². The van der Waals surface area contributed by atoms with Crippen molar-refractivity contribution < 1.29 is 18.8 Å². The average Bonchev–Trinajstić information content (AvgIpc) is 3.03. The minimum atomic E-state index is -0.895. The molecule has 9 heteroatoms. The predicted molar refractivity (Wildman–Crippen MR) is 122 cm³/mol.